The van der Waals surface area contributed by atoms with Crippen LogP contribution in [0.1, 0.15) is 33.6 Å². The molecule has 0 aliphatic carbocycles. The van der Waals surface area contributed by atoms with Gasteiger partial charge in [-0.05, 0) is 45.7 Å². The normalized spacial score (nSPS) is 20.8. The summed E-state index contributed by atoms with van der Waals surface area (Å²) in [5.41, 5.74) is 1.95. The molecule has 0 aromatic heterocycles. The Balaban J connectivity index is 1.91. The van der Waals surface area contributed by atoms with Crippen LogP contribution in [0.15, 0.2) is 18.2 Å². The van der Waals surface area contributed by atoms with Gasteiger partial charge in [0.05, 0.1) is 11.1 Å². The number of halogens is 2. The van der Waals surface area contributed by atoms with E-state index in [0.29, 0.717) is 19.4 Å². The van der Waals surface area contributed by atoms with Crippen LogP contribution >= 0.6 is 11.6 Å². The number of ether oxygens (including phenoxy) is 1. The number of hydrogen-bond donors (Lipinski definition) is 3. The molecule has 1 heterocycles. The first-order chi connectivity index (χ1) is 12.6. The average molecular weight is 401 g/mol. The molecule has 1 aromatic rings. The zero-order chi connectivity index (χ0) is 20.2. The quantitative estimate of drug-likeness (QED) is 0.396. The molecule has 0 radical (unpaired) electrons. The van der Waals surface area contributed by atoms with Crippen molar-refractivity contribution in [1.82, 2.24) is 15.6 Å². The standard InChI is InChI=1S/C18H26ClFN4O3/c1-18(2,3)24-9-11(4-7-15(24)17(26)23-21)22-16(25)10-27-12-5-6-13(19)14(20)8-12/h5-6,8,11,15H,4,7,9-10,21H2,1-3H3,(H,22,25)(H,23,26)/t11-,15-/m0/s1. The van der Waals surface area contributed by atoms with Gasteiger partial charge in [0, 0.05) is 24.2 Å². The van der Waals surface area contributed by atoms with Crippen LogP contribution in [0.3, 0.4) is 0 Å². The summed E-state index contributed by atoms with van der Waals surface area (Å²) in [7, 11) is 0. The molecular weight excluding hydrogens is 375 g/mol. The van der Waals surface area contributed by atoms with E-state index in [9.17, 15) is 14.0 Å². The fraction of sp³-hybridized carbons (Fsp3) is 0.556. The number of hydrazine groups is 1. The van der Waals surface area contributed by atoms with Crippen LogP contribution in [0.4, 0.5) is 4.39 Å². The van der Waals surface area contributed by atoms with Crippen LogP contribution in [-0.4, -0.2) is 47.5 Å². The third-order valence-electron chi connectivity index (χ3n) is 4.51. The summed E-state index contributed by atoms with van der Waals surface area (Å²) in [6.07, 6.45) is 1.22. The Hall–Kier alpha value is -1.90. The van der Waals surface area contributed by atoms with E-state index in [0.717, 1.165) is 6.07 Å². The molecule has 4 N–H and O–H groups in total. The molecule has 0 unspecified atom stereocenters. The Labute approximate surface area is 163 Å². The number of likely N-dealkylation sites (tertiary alicyclic amines) is 1. The van der Waals surface area contributed by atoms with E-state index in [4.69, 9.17) is 22.2 Å². The van der Waals surface area contributed by atoms with Gasteiger partial charge >= 0.3 is 0 Å². The van der Waals surface area contributed by atoms with Gasteiger partial charge in [-0.3, -0.25) is 19.9 Å². The lowest BCUT2D eigenvalue weighted by atomic mass is 9.91. The van der Waals surface area contributed by atoms with Crippen molar-refractivity contribution in [2.24, 2.45) is 5.84 Å². The maximum absolute atomic E-state index is 13.4. The maximum atomic E-state index is 13.4. The molecule has 0 saturated carbocycles. The van der Waals surface area contributed by atoms with Crippen LogP contribution in [0.2, 0.25) is 5.02 Å². The predicted molar refractivity (Wildman–Crippen MR) is 101 cm³/mol. The highest BCUT2D eigenvalue weighted by Gasteiger charge is 2.38. The van der Waals surface area contributed by atoms with Gasteiger partial charge in [0.1, 0.15) is 11.6 Å². The highest BCUT2D eigenvalue weighted by Crippen LogP contribution is 2.26. The maximum Gasteiger partial charge on any atom is 0.258 e. The summed E-state index contributed by atoms with van der Waals surface area (Å²) < 4.78 is 18.7. The predicted octanol–water partition coefficient (Wildman–Crippen LogP) is 1.60. The number of carbonyl (C=O) groups is 2. The van der Waals surface area contributed by atoms with Gasteiger partial charge in [-0.1, -0.05) is 11.6 Å². The van der Waals surface area contributed by atoms with Crippen molar-refractivity contribution in [3.8, 4) is 5.75 Å². The van der Waals surface area contributed by atoms with Crippen LogP contribution in [0, 0.1) is 5.82 Å². The molecule has 1 aliphatic rings. The molecule has 27 heavy (non-hydrogen) atoms. The van der Waals surface area contributed by atoms with E-state index < -0.39 is 5.82 Å². The average Bonchev–Trinajstić information content (AvgIpc) is 2.61. The summed E-state index contributed by atoms with van der Waals surface area (Å²) in [5, 5.41) is 2.90. The minimum atomic E-state index is -0.605. The molecule has 0 bridgehead atoms. The molecule has 150 valence electrons. The second kappa shape index (κ2) is 8.86. The molecular formula is C18H26ClFN4O3. The van der Waals surface area contributed by atoms with Crippen molar-refractivity contribution >= 4 is 23.4 Å². The number of carbonyl (C=O) groups excluding carboxylic acids is 2. The molecule has 7 nitrogen and oxygen atoms in total. The van der Waals surface area contributed by atoms with E-state index in [1.54, 1.807) is 0 Å². The summed E-state index contributed by atoms with van der Waals surface area (Å²) in [6, 6.07) is 3.54. The van der Waals surface area contributed by atoms with E-state index in [-0.39, 0.29) is 46.8 Å². The lowest BCUT2D eigenvalue weighted by Crippen LogP contribution is -2.62. The van der Waals surface area contributed by atoms with Gasteiger partial charge in [-0.15, -0.1) is 0 Å². The molecule has 2 amide bonds. The zero-order valence-electron chi connectivity index (χ0n) is 15.7. The van der Waals surface area contributed by atoms with Crippen molar-refractivity contribution in [2.45, 2.75) is 51.2 Å². The Morgan fingerprint density at radius 1 is 1.37 bits per heavy atom. The lowest BCUT2D eigenvalue weighted by molar-refractivity contribution is -0.131. The largest absolute Gasteiger partial charge is 0.484 e. The van der Waals surface area contributed by atoms with Gasteiger partial charge in [0.2, 0.25) is 0 Å². The van der Waals surface area contributed by atoms with Crippen molar-refractivity contribution < 1.29 is 18.7 Å². The molecule has 2 rings (SSSR count). The second-order valence-electron chi connectivity index (χ2n) is 7.55. The third kappa shape index (κ3) is 5.79. The highest BCUT2D eigenvalue weighted by atomic mass is 35.5. The van der Waals surface area contributed by atoms with E-state index in [2.05, 4.69) is 10.7 Å². The first-order valence-electron chi connectivity index (χ1n) is 8.76. The summed E-state index contributed by atoms with van der Waals surface area (Å²) in [6.45, 7) is 6.30. The van der Waals surface area contributed by atoms with Crippen molar-refractivity contribution in [2.75, 3.05) is 13.2 Å². The fourth-order valence-electron chi connectivity index (χ4n) is 3.18. The molecule has 1 saturated heterocycles. The molecule has 1 aliphatic heterocycles. The van der Waals surface area contributed by atoms with Crippen LogP contribution in [0.5, 0.6) is 5.75 Å². The second-order valence-corrected chi connectivity index (χ2v) is 7.96. The number of rotatable bonds is 5. The van der Waals surface area contributed by atoms with Gasteiger partial charge < -0.3 is 10.1 Å². The summed E-state index contributed by atoms with van der Waals surface area (Å²) in [5.74, 6) is 4.37. The summed E-state index contributed by atoms with van der Waals surface area (Å²) >= 11 is 5.62. The van der Waals surface area contributed by atoms with Crippen LogP contribution in [0.25, 0.3) is 0 Å². The van der Waals surface area contributed by atoms with Crippen LogP contribution in [-0.2, 0) is 9.59 Å². The Bertz CT molecular complexity index is 696. The highest BCUT2D eigenvalue weighted by molar-refractivity contribution is 6.30. The Morgan fingerprint density at radius 2 is 2.07 bits per heavy atom. The molecule has 2 atom stereocenters. The van der Waals surface area contributed by atoms with Crippen molar-refractivity contribution in [1.29, 1.82) is 0 Å². The van der Waals surface area contributed by atoms with E-state index in [1.807, 2.05) is 25.7 Å². The topological polar surface area (TPSA) is 96.7 Å². The monoisotopic (exact) mass is 400 g/mol. The minimum absolute atomic E-state index is 0.00708. The molecule has 9 heteroatoms. The molecule has 1 fully saturated rings. The van der Waals surface area contributed by atoms with Gasteiger partial charge in [-0.2, -0.15) is 0 Å². The number of nitrogens with one attached hydrogen (secondary N) is 2. The van der Waals surface area contributed by atoms with Crippen molar-refractivity contribution in [3.05, 3.63) is 29.0 Å². The number of nitrogens with zero attached hydrogens (tertiary/aromatic N) is 1. The number of nitrogens with two attached hydrogens (primary N) is 1. The zero-order valence-corrected chi connectivity index (χ0v) is 16.5. The third-order valence-corrected chi connectivity index (χ3v) is 4.82. The lowest BCUT2D eigenvalue weighted by Gasteiger charge is -2.46. The van der Waals surface area contributed by atoms with E-state index in [1.165, 1.54) is 12.1 Å². The number of hydrogen-bond acceptors (Lipinski definition) is 5. The van der Waals surface area contributed by atoms with Crippen LogP contribution < -0.4 is 21.3 Å². The summed E-state index contributed by atoms with van der Waals surface area (Å²) in [4.78, 5) is 26.3. The van der Waals surface area contributed by atoms with Gasteiger partial charge in [0.25, 0.3) is 11.8 Å². The molecule has 0 spiro atoms. The molecule has 1 aromatic carbocycles. The number of amides is 2. The van der Waals surface area contributed by atoms with Gasteiger partial charge in [-0.25, -0.2) is 10.2 Å². The smallest absolute Gasteiger partial charge is 0.258 e. The van der Waals surface area contributed by atoms with Crippen molar-refractivity contribution in [3.63, 3.8) is 0 Å². The fourth-order valence-corrected chi connectivity index (χ4v) is 3.30. The number of benzene rings is 1. The van der Waals surface area contributed by atoms with Gasteiger partial charge in [0.15, 0.2) is 6.61 Å². The first-order valence-corrected chi connectivity index (χ1v) is 9.14. The Kier molecular flexibility index (Phi) is 7.02. The number of piperidine rings is 1. The minimum Gasteiger partial charge on any atom is -0.484 e. The van der Waals surface area contributed by atoms with E-state index >= 15 is 0 Å². The first kappa shape index (κ1) is 21.4. The Morgan fingerprint density at radius 3 is 2.67 bits per heavy atom. The SMILES string of the molecule is CC(C)(C)N1C[C@@H](NC(=O)COc2ccc(Cl)c(F)c2)CC[C@H]1C(=O)NN.